The number of para-hydroxylation sites is 2. The Bertz CT molecular complexity index is 1030. The van der Waals surface area contributed by atoms with Gasteiger partial charge in [0.1, 0.15) is 0 Å². The molecule has 0 saturated carbocycles. The van der Waals surface area contributed by atoms with Gasteiger partial charge in [-0.3, -0.25) is 19.1 Å². The normalized spacial score (nSPS) is 10.5. The molecule has 0 aliphatic carbocycles. The molecular formula is C19H18N4O3. The molecular weight excluding hydrogens is 332 g/mol. The second-order valence-corrected chi connectivity index (χ2v) is 5.67. The van der Waals surface area contributed by atoms with Crippen molar-refractivity contribution >= 4 is 28.4 Å². The number of carbonyl (C=O) groups excluding carboxylic acids is 2. The molecule has 0 bridgehead atoms. The summed E-state index contributed by atoms with van der Waals surface area (Å²) in [6, 6.07) is 13.9. The zero-order chi connectivity index (χ0) is 18.5. The number of hydrogen-bond donors (Lipinski definition) is 2. The Morgan fingerprint density at radius 3 is 2.62 bits per heavy atom. The Morgan fingerprint density at radius 1 is 1.08 bits per heavy atom. The second-order valence-electron chi connectivity index (χ2n) is 5.67. The summed E-state index contributed by atoms with van der Waals surface area (Å²) >= 11 is 0. The number of anilines is 1. The molecule has 0 radical (unpaired) electrons. The van der Waals surface area contributed by atoms with Crippen molar-refractivity contribution in [3.63, 3.8) is 0 Å². The Morgan fingerprint density at radius 2 is 1.81 bits per heavy atom. The summed E-state index contributed by atoms with van der Waals surface area (Å²) in [6.45, 7) is 0.314. The third kappa shape index (κ3) is 3.61. The highest BCUT2D eigenvalue weighted by Crippen LogP contribution is 2.15. The molecule has 7 nitrogen and oxygen atoms in total. The van der Waals surface area contributed by atoms with E-state index in [-0.39, 0.29) is 23.7 Å². The number of amides is 2. The van der Waals surface area contributed by atoms with Gasteiger partial charge in [0.2, 0.25) is 11.3 Å². The van der Waals surface area contributed by atoms with E-state index >= 15 is 0 Å². The first-order valence-corrected chi connectivity index (χ1v) is 8.16. The average molecular weight is 350 g/mol. The van der Waals surface area contributed by atoms with Gasteiger partial charge in [-0.25, -0.2) is 0 Å². The number of aromatic nitrogens is 2. The maximum absolute atomic E-state index is 12.3. The van der Waals surface area contributed by atoms with Gasteiger partial charge in [-0.05, 0) is 24.3 Å². The van der Waals surface area contributed by atoms with Crippen LogP contribution in [0.2, 0.25) is 0 Å². The minimum Gasteiger partial charge on any atom is -0.355 e. The van der Waals surface area contributed by atoms with E-state index in [0.717, 1.165) is 0 Å². The van der Waals surface area contributed by atoms with Gasteiger partial charge in [0.25, 0.3) is 5.91 Å². The second kappa shape index (κ2) is 7.60. The summed E-state index contributed by atoms with van der Waals surface area (Å²) in [5.74, 6) is -0.514. The predicted octanol–water partition coefficient (Wildman–Crippen LogP) is 1.78. The summed E-state index contributed by atoms with van der Waals surface area (Å²) in [7, 11) is 1.54. The number of aryl methyl sites for hydroxylation is 1. The largest absolute Gasteiger partial charge is 0.355 e. The standard InChI is InChI=1S/C19H18N4O3/c1-20-19(26)13-6-2-4-8-15(13)22-18(25)10-11-23-16-9-5-3-7-14(16)17(24)12-21-23/h2-9,12H,10-11H2,1H3,(H,20,26)(H,22,25). The third-order valence-electron chi connectivity index (χ3n) is 3.99. The number of nitrogens with zero attached hydrogens (tertiary/aromatic N) is 2. The van der Waals surface area contributed by atoms with Crippen LogP contribution in [0.4, 0.5) is 5.69 Å². The third-order valence-corrected chi connectivity index (χ3v) is 3.99. The van der Waals surface area contributed by atoms with Gasteiger partial charge in [0.15, 0.2) is 0 Å². The van der Waals surface area contributed by atoms with Crippen LogP contribution in [0.5, 0.6) is 0 Å². The van der Waals surface area contributed by atoms with Crippen molar-refractivity contribution in [2.24, 2.45) is 0 Å². The zero-order valence-electron chi connectivity index (χ0n) is 14.2. The van der Waals surface area contributed by atoms with Gasteiger partial charge in [0.05, 0.1) is 29.5 Å². The fourth-order valence-corrected chi connectivity index (χ4v) is 2.68. The highest BCUT2D eigenvalue weighted by Gasteiger charge is 2.12. The van der Waals surface area contributed by atoms with Crippen molar-refractivity contribution in [3.8, 4) is 0 Å². The van der Waals surface area contributed by atoms with Gasteiger partial charge in [0, 0.05) is 18.9 Å². The number of rotatable bonds is 5. The molecule has 7 heteroatoms. The van der Waals surface area contributed by atoms with Crippen molar-refractivity contribution in [2.45, 2.75) is 13.0 Å². The molecule has 0 unspecified atom stereocenters. The first-order valence-electron chi connectivity index (χ1n) is 8.16. The van der Waals surface area contributed by atoms with Crippen LogP contribution in [-0.2, 0) is 11.3 Å². The molecule has 0 spiro atoms. The molecule has 132 valence electrons. The molecule has 3 rings (SSSR count). The summed E-state index contributed by atoms with van der Waals surface area (Å²) in [5.41, 5.74) is 1.38. The lowest BCUT2D eigenvalue weighted by Gasteiger charge is -2.11. The van der Waals surface area contributed by atoms with Crippen LogP contribution in [-0.4, -0.2) is 28.6 Å². The van der Waals surface area contributed by atoms with Gasteiger partial charge >= 0.3 is 0 Å². The van der Waals surface area contributed by atoms with Crippen LogP contribution in [0.25, 0.3) is 10.9 Å². The molecule has 2 N–H and O–H groups in total. The van der Waals surface area contributed by atoms with E-state index in [1.807, 2.05) is 6.07 Å². The first-order chi connectivity index (χ1) is 12.6. The van der Waals surface area contributed by atoms with Crippen molar-refractivity contribution in [3.05, 3.63) is 70.5 Å². The van der Waals surface area contributed by atoms with Crippen LogP contribution in [0.1, 0.15) is 16.8 Å². The van der Waals surface area contributed by atoms with Crippen molar-refractivity contribution in [1.29, 1.82) is 0 Å². The van der Waals surface area contributed by atoms with E-state index in [1.165, 1.54) is 13.2 Å². The van der Waals surface area contributed by atoms with Crippen LogP contribution in [0, 0.1) is 0 Å². The maximum Gasteiger partial charge on any atom is 0.253 e. The van der Waals surface area contributed by atoms with Gasteiger partial charge in [-0.1, -0.05) is 24.3 Å². The Hall–Kier alpha value is -3.48. The highest BCUT2D eigenvalue weighted by atomic mass is 16.2. The number of fused-ring (bicyclic) bond motifs is 1. The lowest BCUT2D eigenvalue weighted by molar-refractivity contribution is -0.116. The Kier molecular flexibility index (Phi) is 5.07. The monoisotopic (exact) mass is 350 g/mol. The van der Waals surface area contributed by atoms with E-state index in [1.54, 1.807) is 47.1 Å². The molecule has 2 aromatic carbocycles. The van der Waals surface area contributed by atoms with E-state index in [2.05, 4.69) is 15.7 Å². The topological polar surface area (TPSA) is 93.1 Å². The van der Waals surface area contributed by atoms with Crippen LogP contribution in [0.15, 0.2) is 59.5 Å². The summed E-state index contributed by atoms with van der Waals surface area (Å²) < 4.78 is 1.63. The highest BCUT2D eigenvalue weighted by molar-refractivity contribution is 6.03. The van der Waals surface area contributed by atoms with Crippen LogP contribution < -0.4 is 16.1 Å². The quantitative estimate of drug-likeness (QED) is 0.734. The predicted molar refractivity (Wildman–Crippen MR) is 99.1 cm³/mol. The number of carbonyl (C=O) groups is 2. The van der Waals surface area contributed by atoms with Gasteiger partial charge in [-0.15, -0.1) is 0 Å². The van der Waals surface area contributed by atoms with E-state index in [4.69, 9.17) is 0 Å². The lowest BCUT2D eigenvalue weighted by Crippen LogP contribution is -2.22. The fourth-order valence-electron chi connectivity index (χ4n) is 2.68. The minimum atomic E-state index is -0.269. The molecule has 1 aromatic heterocycles. The summed E-state index contributed by atoms with van der Waals surface area (Å²) in [6.07, 6.45) is 1.41. The summed E-state index contributed by atoms with van der Waals surface area (Å²) in [4.78, 5) is 36.0. The van der Waals surface area contributed by atoms with Crippen molar-refractivity contribution in [1.82, 2.24) is 15.1 Å². The van der Waals surface area contributed by atoms with Gasteiger partial charge in [-0.2, -0.15) is 5.10 Å². The maximum atomic E-state index is 12.3. The SMILES string of the molecule is CNC(=O)c1ccccc1NC(=O)CCn1ncc(=O)c2ccccc21. The zero-order valence-corrected chi connectivity index (χ0v) is 14.2. The van der Waals surface area contributed by atoms with E-state index in [9.17, 15) is 14.4 Å². The van der Waals surface area contributed by atoms with Gasteiger partial charge < -0.3 is 10.6 Å². The average Bonchev–Trinajstić information content (AvgIpc) is 2.67. The molecule has 0 aliphatic rings. The molecule has 0 saturated heterocycles. The molecule has 26 heavy (non-hydrogen) atoms. The van der Waals surface area contributed by atoms with E-state index in [0.29, 0.717) is 28.7 Å². The number of hydrogen-bond acceptors (Lipinski definition) is 4. The first kappa shape index (κ1) is 17.3. The smallest absolute Gasteiger partial charge is 0.253 e. The Labute approximate surface area is 149 Å². The molecule has 0 fully saturated rings. The molecule has 2 amide bonds. The minimum absolute atomic E-state index is 0.152. The van der Waals surface area contributed by atoms with Crippen molar-refractivity contribution < 1.29 is 9.59 Å². The molecule has 1 heterocycles. The lowest BCUT2D eigenvalue weighted by atomic mass is 10.1. The van der Waals surface area contributed by atoms with Crippen LogP contribution >= 0.6 is 0 Å². The number of nitrogens with one attached hydrogen (secondary N) is 2. The number of benzene rings is 2. The van der Waals surface area contributed by atoms with E-state index < -0.39 is 0 Å². The van der Waals surface area contributed by atoms with Crippen LogP contribution in [0.3, 0.4) is 0 Å². The molecule has 0 atom stereocenters. The molecule has 0 aliphatic heterocycles. The molecule has 3 aromatic rings. The summed E-state index contributed by atoms with van der Waals surface area (Å²) in [5, 5.41) is 9.96. The van der Waals surface area contributed by atoms with Crippen molar-refractivity contribution in [2.75, 3.05) is 12.4 Å². The Balaban J connectivity index is 1.74. The fraction of sp³-hybridized carbons (Fsp3) is 0.158.